The summed E-state index contributed by atoms with van der Waals surface area (Å²) in [5.41, 5.74) is 1.18. The fraction of sp³-hybridized carbons (Fsp3) is 0.179. The number of para-hydroxylation sites is 2. The number of hydrogen-bond donors (Lipinski definition) is 2. The van der Waals surface area contributed by atoms with Gasteiger partial charge in [0.05, 0.1) is 6.54 Å². The minimum Gasteiger partial charge on any atom is -0.484 e. The van der Waals surface area contributed by atoms with Gasteiger partial charge in [-0.3, -0.25) is 9.59 Å². The Morgan fingerprint density at radius 1 is 0.850 bits per heavy atom. The number of halogens is 3. The lowest BCUT2D eigenvalue weighted by atomic mass is 10.1. The molecule has 0 fully saturated rings. The molecule has 8 nitrogen and oxygen atoms in total. The normalized spacial score (nSPS) is 11.0. The number of benzene rings is 3. The molecule has 12 heteroatoms. The number of nitrogens with one attached hydrogen (secondary N) is 2. The Kier molecular flexibility index (Phi) is 9.57. The highest BCUT2D eigenvalue weighted by Gasteiger charge is 2.31. The minimum atomic E-state index is -4.79. The zero-order valence-electron chi connectivity index (χ0n) is 20.9. The van der Waals surface area contributed by atoms with E-state index in [9.17, 15) is 22.8 Å². The van der Waals surface area contributed by atoms with Crippen molar-refractivity contribution in [2.24, 2.45) is 0 Å². The molecule has 3 aromatic carbocycles. The summed E-state index contributed by atoms with van der Waals surface area (Å²) >= 11 is 1.22. The summed E-state index contributed by atoms with van der Waals surface area (Å²) in [6.07, 6.45) is -4.23. The van der Waals surface area contributed by atoms with E-state index in [1.807, 2.05) is 54.6 Å². The highest BCUT2D eigenvalue weighted by Crippen LogP contribution is 2.26. The van der Waals surface area contributed by atoms with Gasteiger partial charge in [0.1, 0.15) is 33.7 Å². The topological polar surface area (TPSA) is 98.8 Å². The van der Waals surface area contributed by atoms with Gasteiger partial charge in [-0.05, 0) is 54.4 Å². The lowest BCUT2D eigenvalue weighted by Crippen LogP contribution is -2.28. The van der Waals surface area contributed by atoms with Gasteiger partial charge in [-0.1, -0.05) is 36.4 Å². The Bertz CT molecular complexity index is 1410. The van der Waals surface area contributed by atoms with Crippen molar-refractivity contribution in [3.8, 4) is 23.0 Å². The van der Waals surface area contributed by atoms with Crippen LogP contribution in [0.1, 0.15) is 21.1 Å². The first-order valence-electron chi connectivity index (χ1n) is 12.0. The molecule has 0 bridgehead atoms. The number of alkyl halides is 3. The van der Waals surface area contributed by atoms with Crippen LogP contribution in [0.4, 0.5) is 13.2 Å². The molecule has 1 heterocycles. The molecule has 0 aliphatic carbocycles. The Labute approximate surface area is 231 Å². The maximum Gasteiger partial charge on any atom is 0.573 e. The van der Waals surface area contributed by atoms with Gasteiger partial charge >= 0.3 is 6.36 Å². The molecule has 0 saturated heterocycles. The van der Waals surface area contributed by atoms with E-state index < -0.39 is 18.0 Å². The second-order valence-corrected chi connectivity index (χ2v) is 9.18. The molecule has 40 heavy (non-hydrogen) atoms. The van der Waals surface area contributed by atoms with Gasteiger partial charge in [0.15, 0.2) is 6.61 Å². The Balaban J connectivity index is 1.18. The monoisotopic (exact) mass is 571 g/mol. The molecular weight excluding hydrogens is 547 g/mol. The lowest BCUT2D eigenvalue weighted by molar-refractivity contribution is -0.274. The maximum absolute atomic E-state index is 12.5. The SMILES string of the molecule is O=C(COc1ccc(OC(F)(F)F)cc1)NCc1nc(C(=O)NCCc2ccccc2Oc2ccccc2)cs1. The van der Waals surface area contributed by atoms with E-state index in [1.165, 1.54) is 23.5 Å². The summed E-state index contributed by atoms with van der Waals surface area (Å²) in [6, 6.07) is 21.7. The second kappa shape index (κ2) is 13.5. The van der Waals surface area contributed by atoms with Gasteiger partial charge in [-0.2, -0.15) is 0 Å². The molecule has 0 atom stereocenters. The zero-order valence-corrected chi connectivity index (χ0v) is 21.8. The van der Waals surface area contributed by atoms with Crippen molar-refractivity contribution in [3.63, 3.8) is 0 Å². The standard InChI is InChI=1S/C28H24F3N3O5S/c29-28(30,31)39-22-12-10-20(11-13-22)37-17-25(35)33-16-26-34-23(18-40-26)27(36)32-15-14-19-6-4-5-9-24(19)38-21-7-2-1-3-8-21/h1-13,18H,14-17H2,(H,32,36)(H,33,35). The van der Waals surface area contributed by atoms with Gasteiger partial charge in [-0.25, -0.2) is 4.98 Å². The maximum atomic E-state index is 12.5. The van der Waals surface area contributed by atoms with Crippen LogP contribution in [0.25, 0.3) is 0 Å². The number of thiazole rings is 1. The molecule has 1 aromatic heterocycles. The summed E-state index contributed by atoms with van der Waals surface area (Å²) in [7, 11) is 0. The van der Waals surface area contributed by atoms with Crippen molar-refractivity contribution in [2.45, 2.75) is 19.3 Å². The van der Waals surface area contributed by atoms with Crippen molar-refractivity contribution in [1.82, 2.24) is 15.6 Å². The number of rotatable bonds is 12. The van der Waals surface area contributed by atoms with E-state index in [0.717, 1.165) is 23.4 Å². The van der Waals surface area contributed by atoms with E-state index >= 15 is 0 Å². The van der Waals surface area contributed by atoms with Gasteiger partial charge < -0.3 is 24.8 Å². The van der Waals surface area contributed by atoms with Crippen molar-refractivity contribution < 1.29 is 37.0 Å². The summed E-state index contributed by atoms with van der Waals surface area (Å²) in [4.78, 5) is 28.9. The van der Waals surface area contributed by atoms with Crippen molar-refractivity contribution in [1.29, 1.82) is 0 Å². The quantitative estimate of drug-likeness (QED) is 0.233. The fourth-order valence-electron chi connectivity index (χ4n) is 3.43. The van der Waals surface area contributed by atoms with Crippen molar-refractivity contribution >= 4 is 23.2 Å². The van der Waals surface area contributed by atoms with Crippen LogP contribution in [-0.4, -0.2) is 36.3 Å². The van der Waals surface area contributed by atoms with Crippen molar-refractivity contribution in [2.75, 3.05) is 13.2 Å². The second-order valence-electron chi connectivity index (χ2n) is 8.24. The summed E-state index contributed by atoms with van der Waals surface area (Å²) in [5.74, 6) is 0.444. The number of hydrogen-bond acceptors (Lipinski definition) is 7. The number of aromatic nitrogens is 1. The summed E-state index contributed by atoms with van der Waals surface area (Å²) < 4.78 is 51.7. The van der Waals surface area contributed by atoms with Crippen LogP contribution in [0.3, 0.4) is 0 Å². The molecule has 4 rings (SSSR count). The summed E-state index contributed by atoms with van der Waals surface area (Å²) in [6.45, 7) is 0.106. The van der Waals surface area contributed by atoms with Crippen LogP contribution in [0, 0.1) is 0 Å². The van der Waals surface area contributed by atoms with Crippen LogP contribution in [0.2, 0.25) is 0 Å². The molecule has 208 valence electrons. The van der Waals surface area contributed by atoms with Crippen molar-refractivity contribution in [3.05, 3.63) is 101 Å². The third kappa shape index (κ3) is 9.02. The van der Waals surface area contributed by atoms with Gasteiger partial charge in [0.2, 0.25) is 0 Å². The average molecular weight is 572 g/mol. The van der Waals surface area contributed by atoms with E-state index in [2.05, 4.69) is 20.4 Å². The largest absolute Gasteiger partial charge is 0.573 e. The van der Waals surface area contributed by atoms with Crippen LogP contribution >= 0.6 is 11.3 Å². The number of nitrogens with zero attached hydrogens (tertiary/aromatic N) is 1. The van der Waals surface area contributed by atoms with E-state index in [0.29, 0.717) is 23.7 Å². The van der Waals surface area contributed by atoms with Gasteiger partial charge in [0.25, 0.3) is 11.8 Å². The molecule has 0 saturated carbocycles. The molecule has 2 amide bonds. The predicted molar refractivity (Wildman–Crippen MR) is 142 cm³/mol. The molecule has 2 N–H and O–H groups in total. The lowest BCUT2D eigenvalue weighted by Gasteiger charge is -2.11. The molecule has 0 spiro atoms. The number of carbonyl (C=O) groups is 2. The zero-order chi connectivity index (χ0) is 28.4. The Hall–Kier alpha value is -4.58. The van der Waals surface area contributed by atoms with Crippen LogP contribution in [-0.2, 0) is 17.8 Å². The summed E-state index contributed by atoms with van der Waals surface area (Å²) in [5, 5.41) is 7.59. The first kappa shape index (κ1) is 28.4. The highest BCUT2D eigenvalue weighted by atomic mass is 32.1. The van der Waals surface area contributed by atoms with Crippen LogP contribution < -0.4 is 24.8 Å². The van der Waals surface area contributed by atoms with Gasteiger partial charge in [-0.15, -0.1) is 24.5 Å². The third-order valence-electron chi connectivity index (χ3n) is 5.27. The highest BCUT2D eigenvalue weighted by molar-refractivity contribution is 7.09. The smallest absolute Gasteiger partial charge is 0.484 e. The predicted octanol–water partition coefficient (Wildman–Crippen LogP) is 5.50. The Morgan fingerprint density at radius 3 is 2.30 bits per heavy atom. The number of amides is 2. The molecular formula is C28H24F3N3O5S. The van der Waals surface area contributed by atoms with Crippen LogP contribution in [0.15, 0.2) is 84.2 Å². The average Bonchev–Trinajstić information content (AvgIpc) is 3.41. The molecule has 4 aromatic rings. The number of carbonyl (C=O) groups excluding carboxylic acids is 2. The van der Waals surface area contributed by atoms with E-state index in [1.54, 1.807) is 5.38 Å². The Morgan fingerprint density at radius 2 is 1.55 bits per heavy atom. The molecule has 0 aliphatic heterocycles. The molecule has 0 unspecified atom stereocenters. The fourth-order valence-corrected chi connectivity index (χ4v) is 4.15. The number of ether oxygens (including phenoxy) is 3. The first-order chi connectivity index (χ1) is 19.2. The molecule has 0 radical (unpaired) electrons. The minimum absolute atomic E-state index is 0.0860. The van der Waals surface area contributed by atoms with E-state index in [-0.39, 0.29) is 30.5 Å². The molecule has 0 aliphatic rings. The first-order valence-corrected chi connectivity index (χ1v) is 12.9. The van der Waals surface area contributed by atoms with Gasteiger partial charge in [0, 0.05) is 11.9 Å². The third-order valence-corrected chi connectivity index (χ3v) is 6.12. The van der Waals surface area contributed by atoms with Crippen LogP contribution in [0.5, 0.6) is 23.0 Å². The van der Waals surface area contributed by atoms with E-state index in [4.69, 9.17) is 9.47 Å².